The summed E-state index contributed by atoms with van der Waals surface area (Å²) >= 11 is 5.63. The first-order chi connectivity index (χ1) is 7.25. The Bertz CT molecular complexity index is 307. The quantitative estimate of drug-likeness (QED) is 0.759. The zero-order valence-electron chi connectivity index (χ0n) is 8.72. The summed E-state index contributed by atoms with van der Waals surface area (Å²) in [6.07, 6.45) is 0.992. The van der Waals surface area contributed by atoms with Crippen molar-refractivity contribution in [2.75, 3.05) is 25.1 Å². The van der Waals surface area contributed by atoms with E-state index >= 15 is 0 Å². The SMILES string of the molecule is CCCOCCNc1cccc(Cl)c1F. The molecule has 84 valence electrons. The number of hydrogen-bond acceptors (Lipinski definition) is 2. The first-order valence-corrected chi connectivity index (χ1v) is 5.39. The number of ether oxygens (including phenoxy) is 1. The summed E-state index contributed by atoms with van der Waals surface area (Å²) in [7, 11) is 0. The van der Waals surface area contributed by atoms with Crippen molar-refractivity contribution in [3.63, 3.8) is 0 Å². The van der Waals surface area contributed by atoms with Gasteiger partial charge in [0.15, 0.2) is 5.82 Å². The number of benzene rings is 1. The van der Waals surface area contributed by atoms with Crippen molar-refractivity contribution in [2.45, 2.75) is 13.3 Å². The Balaban J connectivity index is 2.34. The lowest BCUT2D eigenvalue weighted by Crippen LogP contribution is -2.10. The van der Waals surface area contributed by atoms with E-state index in [0.717, 1.165) is 13.0 Å². The molecule has 0 aromatic heterocycles. The summed E-state index contributed by atoms with van der Waals surface area (Å²) in [5.41, 5.74) is 0.419. The van der Waals surface area contributed by atoms with Crippen molar-refractivity contribution in [3.8, 4) is 0 Å². The summed E-state index contributed by atoms with van der Waals surface area (Å²) in [6, 6.07) is 4.89. The second-order valence-electron chi connectivity index (χ2n) is 3.14. The first-order valence-electron chi connectivity index (χ1n) is 5.01. The molecule has 1 aromatic carbocycles. The highest BCUT2D eigenvalue weighted by Gasteiger charge is 2.04. The van der Waals surface area contributed by atoms with Crippen LogP contribution >= 0.6 is 11.6 Å². The number of hydrogen-bond donors (Lipinski definition) is 1. The number of rotatable bonds is 6. The molecular formula is C11H15ClFNO. The van der Waals surface area contributed by atoms with Crippen LogP contribution in [0.25, 0.3) is 0 Å². The maximum atomic E-state index is 13.3. The van der Waals surface area contributed by atoms with Gasteiger partial charge in [-0.05, 0) is 18.6 Å². The van der Waals surface area contributed by atoms with Gasteiger partial charge in [0.2, 0.25) is 0 Å². The molecule has 0 aliphatic carbocycles. The zero-order valence-corrected chi connectivity index (χ0v) is 9.48. The van der Waals surface area contributed by atoms with Gasteiger partial charge in [-0.2, -0.15) is 0 Å². The molecule has 0 bridgehead atoms. The Morgan fingerprint density at radius 2 is 2.20 bits per heavy atom. The third-order valence-corrected chi connectivity index (χ3v) is 2.15. The fourth-order valence-corrected chi connectivity index (χ4v) is 1.32. The van der Waals surface area contributed by atoms with Crippen LogP contribution in [0.2, 0.25) is 5.02 Å². The fraction of sp³-hybridized carbons (Fsp3) is 0.455. The molecule has 1 N–H and O–H groups in total. The largest absolute Gasteiger partial charge is 0.380 e. The minimum Gasteiger partial charge on any atom is -0.380 e. The van der Waals surface area contributed by atoms with Gasteiger partial charge >= 0.3 is 0 Å². The van der Waals surface area contributed by atoms with E-state index in [-0.39, 0.29) is 5.02 Å². The van der Waals surface area contributed by atoms with Gasteiger partial charge in [-0.25, -0.2) is 4.39 Å². The molecule has 0 aliphatic rings. The Hall–Kier alpha value is -0.800. The van der Waals surface area contributed by atoms with Gasteiger partial charge in [0.05, 0.1) is 17.3 Å². The van der Waals surface area contributed by atoms with Crippen LogP contribution in [0, 0.1) is 5.82 Å². The van der Waals surface area contributed by atoms with E-state index in [1.54, 1.807) is 12.1 Å². The van der Waals surface area contributed by atoms with Crippen LogP contribution in [0.5, 0.6) is 0 Å². The highest BCUT2D eigenvalue weighted by atomic mass is 35.5. The van der Waals surface area contributed by atoms with Gasteiger partial charge in [-0.3, -0.25) is 0 Å². The highest BCUT2D eigenvalue weighted by Crippen LogP contribution is 2.21. The van der Waals surface area contributed by atoms with Gasteiger partial charge in [-0.15, -0.1) is 0 Å². The molecule has 0 fully saturated rings. The lowest BCUT2D eigenvalue weighted by atomic mass is 10.3. The second-order valence-corrected chi connectivity index (χ2v) is 3.55. The van der Waals surface area contributed by atoms with Crippen LogP contribution in [0.1, 0.15) is 13.3 Å². The van der Waals surface area contributed by atoms with Crippen LogP contribution in [0.3, 0.4) is 0 Å². The lowest BCUT2D eigenvalue weighted by molar-refractivity contribution is 0.144. The molecule has 0 saturated carbocycles. The Labute approximate surface area is 94.4 Å². The van der Waals surface area contributed by atoms with Crippen molar-refractivity contribution >= 4 is 17.3 Å². The Morgan fingerprint density at radius 1 is 1.40 bits per heavy atom. The topological polar surface area (TPSA) is 21.3 Å². The fourth-order valence-electron chi connectivity index (χ4n) is 1.14. The number of halogens is 2. The number of anilines is 1. The maximum absolute atomic E-state index is 13.3. The van der Waals surface area contributed by atoms with Crippen molar-refractivity contribution < 1.29 is 9.13 Å². The molecule has 1 rings (SSSR count). The molecule has 0 atom stereocenters. The monoisotopic (exact) mass is 231 g/mol. The summed E-state index contributed by atoms with van der Waals surface area (Å²) in [6.45, 7) is 3.93. The molecule has 0 aliphatic heterocycles. The number of nitrogens with one attached hydrogen (secondary N) is 1. The van der Waals surface area contributed by atoms with Gasteiger partial charge in [-0.1, -0.05) is 24.6 Å². The van der Waals surface area contributed by atoms with Crippen molar-refractivity contribution in [3.05, 3.63) is 29.0 Å². The summed E-state index contributed by atoms with van der Waals surface area (Å²) in [4.78, 5) is 0. The van der Waals surface area contributed by atoms with Gasteiger partial charge in [0.1, 0.15) is 0 Å². The molecule has 0 heterocycles. The molecule has 0 saturated heterocycles. The third-order valence-electron chi connectivity index (χ3n) is 1.86. The van der Waals surface area contributed by atoms with Crippen molar-refractivity contribution in [2.24, 2.45) is 0 Å². The average molecular weight is 232 g/mol. The van der Waals surface area contributed by atoms with E-state index in [4.69, 9.17) is 16.3 Å². The standard InChI is InChI=1S/C11H15ClFNO/c1-2-7-15-8-6-14-10-5-3-4-9(12)11(10)13/h3-5,14H,2,6-8H2,1H3. The normalized spacial score (nSPS) is 10.3. The predicted octanol–water partition coefficient (Wildman–Crippen LogP) is 3.32. The average Bonchev–Trinajstić information content (AvgIpc) is 2.24. The van der Waals surface area contributed by atoms with E-state index in [0.29, 0.717) is 18.8 Å². The Morgan fingerprint density at radius 3 is 2.93 bits per heavy atom. The lowest BCUT2D eigenvalue weighted by Gasteiger charge is -2.08. The van der Waals surface area contributed by atoms with E-state index in [1.165, 1.54) is 6.07 Å². The molecular weight excluding hydrogens is 217 g/mol. The van der Waals surface area contributed by atoms with Crippen LogP contribution < -0.4 is 5.32 Å². The summed E-state index contributed by atoms with van der Waals surface area (Å²) < 4.78 is 18.6. The van der Waals surface area contributed by atoms with E-state index in [9.17, 15) is 4.39 Å². The van der Waals surface area contributed by atoms with Gasteiger partial charge in [0.25, 0.3) is 0 Å². The van der Waals surface area contributed by atoms with Gasteiger partial charge in [0, 0.05) is 13.2 Å². The van der Waals surface area contributed by atoms with E-state index in [2.05, 4.69) is 5.32 Å². The summed E-state index contributed by atoms with van der Waals surface area (Å²) in [5.74, 6) is -0.408. The minimum absolute atomic E-state index is 0.134. The first kappa shape index (κ1) is 12.3. The molecule has 0 unspecified atom stereocenters. The van der Waals surface area contributed by atoms with Crippen LogP contribution in [0.4, 0.5) is 10.1 Å². The van der Waals surface area contributed by atoms with E-state index in [1.807, 2.05) is 6.92 Å². The van der Waals surface area contributed by atoms with Crippen LogP contribution in [-0.4, -0.2) is 19.8 Å². The molecule has 15 heavy (non-hydrogen) atoms. The van der Waals surface area contributed by atoms with Crippen molar-refractivity contribution in [1.29, 1.82) is 0 Å². The second kappa shape index (κ2) is 6.64. The Kier molecular flexibility index (Phi) is 5.43. The van der Waals surface area contributed by atoms with Crippen molar-refractivity contribution in [1.82, 2.24) is 0 Å². The van der Waals surface area contributed by atoms with Crippen LogP contribution in [-0.2, 0) is 4.74 Å². The van der Waals surface area contributed by atoms with Gasteiger partial charge < -0.3 is 10.1 Å². The smallest absolute Gasteiger partial charge is 0.164 e. The molecule has 1 aromatic rings. The molecule has 2 nitrogen and oxygen atoms in total. The predicted molar refractivity (Wildman–Crippen MR) is 61.0 cm³/mol. The van der Waals surface area contributed by atoms with E-state index < -0.39 is 5.82 Å². The molecule has 0 radical (unpaired) electrons. The molecule has 0 spiro atoms. The molecule has 0 amide bonds. The third kappa shape index (κ3) is 4.06. The zero-order chi connectivity index (χ0) is 11.1. The van der Waals surface area contributed by atoms with Crippen LogP contribution in [0.15, 0.2) is 18.2 Å². The minimum atomic E-state index is -0.408. The maximum Gasteiger partial charge on any atom is 0.164 e. The summed E-state index contributed by atoms with van der Waals surface area (Å²) in [5, 5.41) is 3.06. The highest BCUT2D eigenvalue weighted by molar-refractivity contribution is 6.31. The molecule has 4 heteroatoms.